The minimum Gasteiger partial charge on any atom is -0.378 e. The lowest BCUT2D eigenvalue weighted by atomic mass is 10.0. The minimum atomic E-state index is -0.896. The third kappa shape index (κ3) is 4.40. The van der Waals surface area contributed by atoms with E-state index in [9.17, 15) is 14.7 Å². The lowest BCUT2D eigenvalue weighted by Crippen LogP contribution is -2.40. The highest BCUT2D eigenvalue weighted by Gasteiger charge is 2.38. The van der Waals surface area contributed by atoms with Crippen LogP contribution in [0.4, 0.5) is 5.13 Å². The van der Waals surface area contributed by atoms with Gasteiger partial charge < -0.3 is 20.1 Å². The zero-order valence-electron chi connectivity index (χ0n) is 17.9. The number of aromatic nitrogens is 1. The van der Waals surface area contributed by atoms with E-state index < -0.39 is 12.3 Å². The van der Waals surface area contributed by atoms with Crippen LogP contribution in [-0.4, -0.2) is 58.0 Å². The molecular weight excluding hydrogens is 440 g/mol. The molecular formula is C24H24N4O4S. The molecule has 0 spiro atoms. The Balaban J connectivity index is 1.37. The van der Waals surface area contributed by atoms with Crippen molar-refractivity contribution in [2.75, 3.05) is 31.6 Å². The van der Waals surface area contributed by atoms with Crippen LogP contribution in [0.5, 0.6) is 0 Å². The van der Waals surface area contributed by atoms with Gasteiger partial charge in [0.25, 0.3) is 5.91 Å². The Hall–Kier alpha value is -3.11. The zero-order chi connectivity index (χ0) is 22.8. The van der Waals surface area contributed by atoms with Crippen molar-refractivity contribution in [1.29, 1.82) is 0 Å². The molecule has 9 heteroatoms. The van der Waals surface area contributed by atoms with Crippen molar-refractivity contribution >= 4 is 28.3 Å². The van der Waals surface area contributed by atoms with Gasteiger partial charge in [0.1, 0.15) is 18.0 Å². The molecule has 33 heavy (non-hydrogen) atoms. The molecule has 2 aliphatic heterocycles. The van der Waals surface area contributed by atoms with E-state index in [1.54, 1.807) is 15.2 Å². The van der Waals surface area contributed by atoms with Crippen LogP contribution in [0, 0.1) is 0 Å². The average Bonchev–Trinajstić information content (AvgIpc) is 3.45. The monoisotopic (exact) mass is 464 g/mol. The second kappa shape index (κ2) is 9.40. The van der Waals surface area contributed by atoms with Crippen molar-refractivity contribution in [3.63, 3.8) is 0 Å². The number of benzene rings is 2. The Bertz CT molecular complexity index is 1150. The van der Waals surface area contributed by atoms with E-state index in [0.717, 1.165) is 16.7 Å². The molecule has 1 fully saturated rings. The highest BCUT2D eigenvalue weighted by Crippen LogP contribution is 2.39. The second-order valence-electron chi connectivity index (χ2n) is 7.99. The number of carbonyl (C=O) groups is 2. The fourth-order valence-corrected chi connectivity index (χ4v) is 4.97. The van der Waals surface area contributed by atoms with Crippen LogP contribution in [0.3, 0.4) is 0 Å². The summed E-state index contributed by atoms with van der Waals surface area (Å²) >= 11 is 1.21. The van der Waals surface area contributed by atoms with Crippen LogP contribution in [0.2, 0.25) is 0 Å². The number of amides is 2. The molecule has 0 radical (unpaired) electrons. The van der Waals surface area contributed by atoms with E-state index >= 15 is 0 Å². The quantitative estimate of drug-likeness (QED) is 0.603. The first kappa shape index (κ1) is 21.7. The number of thiazole rings is 1. The Morgan fingerprint density at radius 2 is 1.82 bits per heavy atom. The molecule has 8 nitrogen and oxygen atoms in total. The summed E-state index contributed by atoms with van der Waals surface area (Å²) in [6.45, 7) is 2.53. The van der Waals surface area contributed by atoms with Gasteiger partial charge in [-0.05, 0) is 16.7 Å². The van der Waals surface area contributed by atoms with Gasteiger partial charge in [-0.15, -0.1) is 11.3 Å². The highest BCUT2D eigenvalue weighted by atomic mass is 32.1. The van der Waals surface area contributed by atoms with Gasteiger partial charge in [0, 0.05) is 25.0 Å². The van der Waals surface area contributed by atoms with Crippen LogP contribution in [0.15, 0.2) is 60.0 Å². The first-order valence-corrected chi connectivity index (χ1v) is 11.7. The maximum absolute atomic E-state index is 13.5. The Kier molecular flexibility index (Phi) is 6.19. The topological polar surface area (TPSA) is 95.0 Å². The Labute approximate surface area is 195 Å². The standard InChI is InChI=1S/C24H24N4O4S/c29-21(26-24-25-19(15-33-24)23(31)27-10-12-32-13-11-27)20(16-6-2-1-3-7-16)28-14-17-8-4-5-9-18(17)22(28)30/h1-9,15,20,22,30H,10-14H2,(H,25,26,29)/t20-,22?/m1/s1. The van der Waals surface area contributed by atoms with Gasteiger partial charge in [0.15, 0.2) is 5.13 Å². The van der Waals surface area contributed by atoms with E-state index in [4.69, 9.17) is 4.74 Å². The summed E-state index contributed by atoms with van der Waals surface area (Å²) in [5.41, 5.74) is 2.87. The van der Waals surface area contributed by atoms with Gasteiger partial charge in [-0.2, -0.15) is 0 Å². The number of aliphatic hydroxyl groups is 1. The van der Waals surface area contributed by atoms with Crippen LogP contribution in [0.25, 0.3) is 0 Å². The molecule has 2 N–H and O–H groups in total. The number of anilines is 1. The van der Waals surface area contributed by atoms with Gasteiger partial charge in [0.05, 0.1) is 13.2 Å². The van der Waals surface area contributed by atoms with Crippen molar-refractivity contribution in [2.45, 2.75) is 18.8 Å². The molecule has 3 heterocycles. The highest BCUT2D eigenvalue weighted by molar-refractivity contribution is 7.14. The van der Waals surface area contributed by atoms with Crippen LogP contribution >= 0.6 is 11.3 Å². The minimum absolute atomic E-state index is 0.167. The number of morpholine rings is 1. The van der Waals surface area contributed by atoms with Crippen molar-refractivity contribution in [2.24, 2.45) is 0 Å². The van der Waals surface area contributed by atoms with Crippen molar-refractivity contribution in [1.82, 2.24) is 14.8 Å². The third-order valence-corrected chi connectivity index (χ3v) is 6.71. The molecule has 1 saturated heterocycles. The lowest BCUT2D eigenvalue weighted by molar-refractivity contribution is -0.126. The van der Waals surface area contributed by atoms with E-state index in [1.165, 1.54) is 11.3 Å². The van der Waals surface area contributed by atoms with Crippen molar-refractivity contribution in [3.8, 4) is 0 Å². The fourth-order valence-electron chi connectivity index (χ4n) is 4.28. The lowest BCUT2D eigenvalue weighted by Gasteiger charge is -2.29. The summed E-state index contributed by atoms with van der Waals surface area (Å²) in [5, 5.41) is 15.9. The molecule has 0 bridgehead atoms. The number of aliphatic hydroxyl groups excluding tert-OH is 1. The Morgan fingerprint density at radius 1 is 1.09 bits per heavy atom. The summed E-state index contributed by atoms with van der Waals surface area (Å²) in [6.07, 6.45) is -0.896. The summed E-state index contributed by atoms with van der Waals surface area (Å²) in [7, 11) is 0. The van der Waals surface area contributed by atoms with Gasteiger partial charge in [-0.25, -0.2) is 4.98 Å². The molecule has 0 aliphatic carbocycles. The number of nitrogens with one attached hydrogen (secondary N) is 1. The number of fused-ring (bicyclic) bond motifs is 1. The normalized spacial score (nSPS) is 19.2. The van der Waals surface area contributed by atoms with Crippen LogP contribution < -0.4 is 5.32 Å². The molecule has 2 atom stereocenters. The molecule has 2 aliphatic rings. The number of nitrogens with zero attached hydrogens (tertiary/aromatic N) is 3. The van der Waals surface area contributed by atoms with E-state index in [-0.39, 0.29) is 11.8 Å². The number of hydrogen-bond donors (Lipinski definition) is 2. The predicted octanol–water partition coefficient (Wildman–Crippen LogP) is 2.80. The molecule has 0 saturated carbocycles. The molecule has 1 aromatic heterocycles. The predicted molar refractivity (Wildman–Crippen MR) is 124 cm³/mol. The van der Waals surface area contributed by atoms with Crippen molar-refractivity contribution in [3.05, 3.63) is 82.4 Å². The molecule has 170 valence electrons. The second-order valence-corrected chi connectivity index (χ2v) is 8.85. The molecule has 1 unspecified atom stereocenters. The number of hydrogen-bond acceptors (Lipinski definition) is 7. The van der Waals surface area contributed by atoms with E-state index in [2.05, 4.69) is 10.3 Å². The molecule has 5 rings (SSSR count). The first-order chi connectivity index (χ1) is 16.1. The SMILES string of the molecule is O=C(Nc1nc(C(=O)N2CCOCC2)cs1)[C@@H](c1ccccc1)N1Cc2ccccc2C1O. The summed E-state index contributed by atoms with van der Waals surface area (Å²) < 4.78 is 5.30. The van der Waals surface area contributed by atoms with Gasteiger partial charge in [-0.1, -0.05) is 54.6 Å². The van der Waals surface area contributed by atoms with Crippen molar-refractivity contribution < 1.29 is 19.4 Å². The smallest absolute Gasteiger partial charge is 0.273 e. The number of rotatable bonds is 5. The fraction of sp³-hybridized carbons (Fsp3) is 0.292. The average molecular weight is 465 g/mol. The van der Waals surface area contributed by atoms with E-state index in [1.807, 2.05) is 54.6 Å². The van der Waals surface area contributed by atoms with Gasteiger partial charge in [0.2, 0.25) is 5.91 Å². The van der Waals surface area contributed by atoms with E-state index in [0.29, 0.717) is 43.7 Å². The summed E-state index contributed by atoms with van der Waals surface area (Å²) in [5.74, 6) is -0.479. The molecule has 3 aromatic rings. The van der Waals surface area contributed by atoms with Gasteiger partial charge in [-0.3, -0.25) is 14.5 Å². The van der Waals surface area contributed by atoms with Crippen LogP contribution in [0.1, 0.15) is 39.4 Å². The van der Waals surface area contributed by atoms with Crippen LogP contribution in [-0.2, 0) is 16.1 Å². The summed E-state index contributed by atoms with van der Waals surface area (Å²) in [4.78, 5) is 34.0. The maximum Gasteiger partial charge on any atom is 0.273 e. The number of ether oxygens (including phenoxy) is 1. The zero-order valence-corrected chi connectivity index (χ0v) is 18.7. The summed E-state index contributed by atoms with van der Waals surface area (Å²) in [6, 6.07) is 16.3. The largest absolute Gasteiger partial charge is 0.378 e. The van der Waals surface area contributed by atoms with Gasteiger partial charge >= 0.3 is 0 Å². The molecule has 2 amide bonds. The maximum atomic E-state index is 13.5. The third-order valence-electron chi connectivity index (χ3n) is 5.95. The Morgan fingerprint density at radius 3 is 2.58 bits per heavy atom. The first-order valence-electron chi connectivity index (χ1n) is 10.8. The molecule has 2 aromatic carbocycles. The number of carbonyl (C=O) groups excluding carboxylic acids is 2.